The Balaban J connectivity index is 1.72. The van der Waals surface area contributed by atoms with Crippen molar-refractivity contribution in [1.29, 1.82) is 0 Å². The molecule has 2 aromatic carbocycles. The van der Waals surface area contributed by atoms with Crippen LogP contribution >= 0.6 is 0 Å². The van der Waals surface area contributed by atoms with Gasteiger partial charge in [-0.05, 0) is 62.3 Å². The molecule has 1 fully saturated rings. The van der Waals surface area contributed by atoms with E-state index in [0.717, 1.165) is 25.9 Å². The molecular formula is C19H23N3O3S. The van der Waals surface area contributed by atoms with Gasteiger partial charge >= 0.3 is 0 Å². The van der Waals surface area contributed by atoms with Gasteiger partial charge in [-0.15, -0.1) is 0 Å². The number of rotatable bonds is 5. The van der Waals surface area contributed by atoms with E-state index in [2.05, 4.69) is 10.0 Å². The Kier molecular flexibility index (Phi) is 5.58. The van der Waals surface area contributed by atoms with Crippen molar-refractivity contribution in [3.8, 4) is 0 Å². The second-order valence-corrected chi connectivity index (χ2v) is 8.08. The van der Waals surface area contributed by atoms with Gasteiger partial charge in [-0.2, -0.15) is 0 Å². The average Bonchev–Trinajstić information content (AvgIpc) is 2.68. The van der Waals surface area contributed by atoms with Gasteiger partial charge in [0.05, 0.1) is 4.90 Å². The highest BCUT2D eigenvalue weighted by Crippen LogP contribution is 2.18. The zero-order valence-corrected chi connectivity index (χ0v) is 15.5. The van der Waals surface area contributed by atoms with Crippen LogP contribution in [0.15, 0.2) is 59.5 Å². The molecule has 2 aromatic rings. The van der Waals surface area contributed by atoms with Crippen LogP contribution in [0.1, 0.15) is 23.2 Å². The van der Waals surface area contributed by atoms with Crippen molar-refractivity contribution < 1.29 is 13.2 Å². The van der Waals surface area contributed by atoms with Gasteiger partial charge in [0, 0.05) is 24.3 Å². The zero-order chi connectivity index (χ0) is 18.6. The molecule has 26 heavy (non-hydrogen) atoms. The lowest BCUT2D eigenvalue weighted by atomic mass is 10.0. The first-order valence-electron chi connectivity index (χ1n) is 8.63. The Labute approximate surface area is 154 Å². The standard InChI is InChI=1S/C19H23N3O3S/c1-22(17-11-13-20-14-12-17)19(23)15-7-9-18(10-8-15)26(24,25)21-16-5-3-2-4-6-16/h2-10,17,20-21H,11-14H2,1H3. The second kappa shape index (κ2) is 7.88. The summed E-state index contributed by atoms with van der Waals surface area (Å²) in [4.78, 5) is 14.5. The highest BCUT2D eigenvalue weighted by Gasteiger charge is 2.23. The summed E-state index contributed by atoms with van der Waals surface area (Å²) in [5, 5.41) is 3.28. The van der Waals surface area contributed by atoms with Crippen molar-refractivity contribution in [2.75, 3.05) is 24.9 Å². The molecule has 0 unspecified atom stereocenters. The Hall–Kier alpha value is -2.38. The highest BCUT2D eigenvalue weighted by molar-refractivity contribution is 7.92. The highest BCUT2D eigenvalue weighted by atomic mass is 32.2. The molecule has 0 atom stereocenters. The molecule has 0 spiro atoms. The molecular weight excluding hydrogens is 350 g/mol. The molecule has 0 saturated carbocycles. The van der Waals surface area contributed by atoms with Crippen LogP contribution < -0.4 is 10.0 Å². The van der Waals surface area contributed by atoms with Crippen molar-refractivity contribution in [3.63, 3.8) is 0 Å². The molecule has 0 aliphatic carbocycles. The van der Waals surface area contributed by atoms with Crippen LogP contribution in [0.4, 0.5) is 5.69 Å². The van der Waals surface area contributed by atoms with E-state index in [4.69, 9.17) is 0 Å². The summed E-state index contributed by atoms with van der Waals surface area (Å²) < 4.78 is 27.4. The van der Waals surface area contributed by atoms with E-state index in [9.17, 15) is 13.2 Å². The van der Waals surface area contributed by atoms with Crippen molar-refractivity contribution in [2.45, 2.75) is 23.8 Å². The van der Waals surface area contributed by atoms with Crippen LogP contribution in [0.2, 0.25) is 0 Å². The maximum atomic E-state index is 12.6. The summed E-state index contributed by atoms with van der Waals surface area (Å²) in [5.41, 5.74) is 0.989. The molecule has 7 heteroatoms. The fraction of sp³-hybridized carbons (Fsp3) is 0.316. The molecule has 1 amide bonds. The van der Waals surface area contributed by atoms with Crippen LogP contribution in [0.3, 0.4) is 0 Å². The number of piperidine rings is 1. The quantitative estimate of drug-likeness (QED) is 0.843. The van der Waals surface area contributed by atoms with Gasteiger partial charge in [0.15, 0.2) is 0 Å². The van der Waals surface area contributed by atoms with Crippen LogP contribution in [0, 0.1) is 0 Å². The van der Waals surface area contributed by atoms with Crippen molar-refractivity contribution in [3.05, 3.63) is 60.2 Å². The Morgan fingerprint density at radius 2 is 1.65 bits per heavy atom. The largest absolute Gasteiger partial charge is 0.339 e. The molecule has 0 bridgehead atoms. The number of para-hydroxylation sites is 1. The lowest BCUT2D eigenvalue weighted by Gasteiger charge is -2.31. The van der Waals surface area contributed by atoms with Gasteiger partial charge in [-0.3, -0.25) is 9.52 Å². The lowest BCUT2D eigenvalue weighted by Crippen LogP contribution is -2.43. The van der Waals surface area contributed by atoms with E-state index in [1.165, 1.54) is 12.1 Å². The van der Waals surface area contributed by atoms with Gasteiger partial charge < -0.3 is 10.2 Å². The number of nitrogens with one attached hydrogen (secondary N) is 2. The molecule has 0 aromatic heterocycles. The van der Waals surface area contributed by atoms with Crippen molar-refractivity contribution in [2.24, 2.45) is 0 Å². The molecule has 138 valence electrons. The number of amides is 1. The van der Waals surface area contributed by atoms with Gasteiger partial charge in [0.25, 0.3) is 15.9 Å². The molecule has 0 radical (unpaired) electrons. The number of carbonyl (C=O) groups is 1. The first-order chi connectivity index (χ1) is 12.5. The monoisotopic (exact) mass is 373 g/mol. The number of benzene rings is 2. The predicted octanol–water partition coefficient (Wildman–Crippen LogP) is 2.31. The molecule has 1 heterocycles. The van der Waals surface area contributed by atoms with Crippen LogP contribution in [-0.2, 0) is 10.0 Å². The zero-order valence-electron chi connectivity index (χ0n) is 14.7. The summed E-state index contributed by atoms with van der Waals surface area (Å²) >= 11 is 0. The average molecular weight is 373 g/mol. The molecule has 6 nitrogen and oxygen atoms in total. The summed E-state index contributed by atoms with van der Waals surface area (Å²) in [5.74, 6) is -0.0862. The number of hydrogen-bond donors (Lipinski definition) is 2. The van der Waals surface area contributed by atoms with Crippen LogP contribution in [0.25, 0.3) is 0 Å². The van der Waals surface area contributed by atoms with E-state index in [0.29, 0.717) is 11.3 Å². The number of nitrogens with zero attached hydrogens (tertiary/aromatic N) is 1. The number of anilines is 1. The first-order valence-corrected chi connectivity index (χ1v) is 10.1. The van der Waals surface area contributed by atoms with Crippen LogP contribution in [0.5, 0.6) is 0 Å². The Bertz CT molecular complexity index is 845. The fourth-order valence-electron chi connectivity index (χ4n) is 3.06. The topological polar surface area (TPSA) is 78.5 Å². The third-order valence-electron chi connectivity index (χ3n) is 4.61. The molecule has 1 aliphatic heterocycles. The number of sulfonamides is 1. The summed E-state index contributed by atoms with van der Waals surface area (Å²) in [7, 11) is -1.87. The van der Waals surface area contributed by atoms with E-state index in [1.54, 1.807) is 48.3 Å². The van der Waals surface area contributed by atoms with E-state index in [1.807, 2.05) is 6.07 Å². The smallest absolute Gasteiger partial charge is 0.261 e. The minimum Gasteiger partial charge on any atom is -0.339 e. The molecule has 2 N–H and O–H groups in total. The Morgan fingerprint density at radius 1 is 1.04 bits per heavy atom. The van der Waals surface area contributed by atoms with Crippen molar-refractivity contribution >= 4 is 21.6 Å². The third kappa shape index (κ3) is 4.23. The maximum Gasteiger partial charge on any atom is 0.261 e. The van der Waals surface area contributed by atoms with E-state index < -0.39 is 10.0 Å². The predicted molar refractivity (Wildman–Crippen MR) is 102 cm³/mol. The Morgan fingerprint density at radius 3 is 2.27 bits per heavy atom. The SMILES string of the molecule is CN(C(=O)c1ccc(S(=O)(=O)Nc2ccccc2)cc1)C1CCNCC1. The molecule has 1 aliphatic rings. The first kappa shape index (κ1) is 18.4. The minimum atomic E-state index is -3.68. The normalized spacial score (nSPS) is 15.4. The van der Waals surface area contributed by atoms with Gasteiger partial charge in [-0.1, -0.05) is 18.2 Å². The minimum absolute atomic E-state index is 0.0862. The second-order valence-electron chi connectivity index (χ2n) is 6.39. The number of carbonyl (C=O) groups excluding carboxylic acids is 1. The molecule has 3 rings (SSSR count). The number of hydrogen-bond acceptors (Lipinski definition) is 4. The fourth-order valence-corrected chi connectivity index (χ4v) is 4.12. The third-order valence-corrected chi connectivity index (χ3v) is 6.01. The van der Waals surface area contributed by atoms with Gasteiger partial charge in [0.2, 0.25) is 0 Å². The summed E-state index contributed by atoms with van der Waals surface area (Å²) in [6.07, 6.45) is 1.85. The van der Waals surface area contributed by atoms with Gasteiger partial charge in [-0.25, -0.2) is 8.42 Å². The lowest BCUT2D eigenvalue weighted by molar-refractivity contribution is 0.0703. The maximum absolute atomic E-state index is 12.6. The summed E-state index contributed by atoms with van der Waals surface area (Å²) in [6.45, 7) is 1.81. The van der Waals surface area contributed by atoms with Gasteiger partial charge in [0.1, 0.15) is 0 Å². The van der Waals surface area contributed by atoms with Crippen LogP contribution in [-0.4, -0.2) is 45.4 Å². The van der Waals surface area contributed by atoms with E-state index >= 15 is 0 Å². The molecule has 1 saturated heterocycles. The van der Waals surface area contributed by atoms with Crippen molar-refractivity contribution in [1.82, 2.24) is 10.2 Å². The van der Waals surface area contributed by atoms with E-state index in [-0.39, 0.29) is 16.8 Å². The summed E-state index contributed by atoms with van der Waals surface area (Å²) in [6, 6.07) is 15.0.